The van der Waals surface area contributed by atoms with Crippen LogP contribution in [0.2, 0.25) is 0 Å². The summed E-state index contributed by atoms with van der Waals surface area (Å²) in [5.74, 6) is 3.00. The van der Waals surface area contributed by atoms with Crippen LogP contribution in [-0.4, -0.2) is 22.3 Å². The minimum absolute atomic E-state index is 0.529. The molecule has 1 fully saturated rings. The van der Waals surface area contributed by atoms with Crippen LogP contribution in [0.4, 0.5) is 0 Å². The molecule has 1 atom stereocenters. The zero-order valence-electron chi connectivity index (χ0n) is 11.3. The lowest BCUT2D eigenvalue weighted by atomic mass is 10.1. The highest BCUT2D eigenvalue weighted by Gasteiger charge is 2.17. The lowest BCUT2D eigenvalue weighted by molar-refractivity contribution is 0.342. The van der Waals surface area contributed by atoms with Crippen LogP contribution < -0.4 is 10.5 Å². The van der Waals surface area contributed by atoms with Crippen LogP contribution in [0.1, 0.15) is 31.2 Å². The van der Waals surface area contributed by atoms with Gasteiger partial charge in [-0.15, -0.1) is 0 Å². The van der Waals surface area contributed by atoms with Crippen LogP contribution in [0, 0.1) is 5.92 Å². The molecular formula is C15H23NO2S. The number of hydrogen-bond donors (Lipinski definition) is 1. The second-order valence-electron chi connectivity index (χ2n) is 5.16. The molecule has 1 saturated carbocycles. The maximum atomic E-state index is 11.9. The predicted molar refractivity (Wildman–Crippen MR) is 79.7 cm³/mol. The topological polar surface area (TPSA) is 52.3 Å². The molecule has 106 valence electrons. The van der Waals surface area contributed by atoms with E-state index in [1.165, 1.54) is 25.7 Å². The summed E-state index contributed by atoms with van der Waals surface area (Å²) in [6, 6.07) is 7.76. The first kappa shape index (κ1) is 14.5. The molecule has 19 heavy (non-hydrogen) atoms. The Hall–Kier alpha value is -0.870. The monoisotopic (exact) mass is 281 g/mol. The van der Waals surface area contributed by atoms with Crippen LogP contribution >= 0.6 is 0 Å². The van der Waals surface area contributed by atoms with Gasteiger partial charge >= 0.3 is 0 Å². The third kappa shape index (κ3) is 4.96. The fraction of sp³-hybridized carbons (Fsp3) is 0.600. The SMILES string of the molecule is NCc1ccc(OCCS(=O)CC2CCCC2)cc1. The summed E-state index contributed by atoms with van der Waals surface area (Å²) < 4.78 is 17.5. The molecule has 3 nitrogen and oxygen atoms in total. The van der Waals surface area contributed by atoms with Gasteiger partial charge in [0, 0.05) is 23.1 Å². The van der Waals surface area contributed by atoms with Gasteiger partial charge in [-0.3, -0.25) is 4.21 Å². The van der Waals surface area contributed by atoms with Gasteiger partial charge in [0.05, 0.1) is 12.4 Å². The number of benzene rings is 1. The summed E-state index contributed by atoms with van der Waals surface area (Å²) in [6.45, 7) is 1.08. The molecule has 0 aromatic heterocycles. The van der Waals surface area contributed by atoms with E-state index in [1.807, 2.05) is 24.3 Å². The Labute approximate surface area is 118 Å². The highest BCUT2D eigenvalue weighted by atomic mass is 32.2. The van der Waals surface area contributed by atoms with E-state index in [0.29, 0.717) is 24.8 Å². The van der Waals surface area contributed by atoms with Crippen LogP contribution in [0.15, 0.2) is 24.3 Å². The van der Waals surface area contributed by atoms with Gasteiger partial charge in [0.2, 0.25) is 0 Å². The fourth-order valence-corrected chi connectivity index (χ4v) is 3.79. The van der Waals surface area contributed by atoms with Crippen molar-refractivity contribution in [2.45, 2.75) is 32.2 Å². The van der Waals surface area contributed by atoms with E-state index in [1.54, 1.807) is 0 Å². The van der Waals surface area contributed by atoms with E-state index in [2.05, 4.69) is 0 Å². The van der Waals surface area contributed by atoms with E-state index >= 15 is 0 Å². The first-order valence-corrected chi connectivity index (χ1v) is 8.53. The molecule has 0 spiro atoms. The molecule has 0 amide bonds. The molecule has 0 saturated heterocycles. The maximum absolute atomic E-state index is 11.9. The zero-order valence-corrected chi connectivity index (χ0v) is 12.2. The average Bonchev–Trinajstić information content (AvgIpc) is 2.92. The van der Waals surface area contributed by atoms with Crippen LogP contribution in [0.25, 0.3) is 0 Å². The minimum atomic E-state index is -0.735. The summed E-state index contributed by atoms with van der Waals surface area (Å²) in [5, 5.41) is 0. The number of nitrogens with two attached hydrogens (primary N) is 1. The van der Waals surface area contributed by atoms with Gasteiger partial charge in [-0.05, 0) is 36.5 Å². The Balaban J connectivity index is 1.65. The summed E-state index contributed by atoms with van der Waals surface area (Å²) in [5.41, 5.74) is 6.63. The maximum Gasteiger partial charge on any atom is 0.119 e. The fourth-order valence-electron chi connectivity index (χ4n) is 2.50. The predicted octanol–water partition coefficient (Wildman–Crippen LogP) is 2.46. The van der Waals surface area contributed by atoms with Crippen molar-refractivity contribution in [3.63, 3.8) is 0 Å². The molecule has 2 rings (SSSR count). The largest absolute Gasteiger partial charge is 0.493 e. The Morgan fingerprint density at radius 1 is 1.21 bits per heavy atom. The van der Waals surface area contributed by atoms with Crippen molar-refractivity contribution in [2.75, 3.05) is 18.1 Å². The quantitative estimate of drug-likeness (QED) is 0.835. The molecule has 4 heteroatoms. The van der Waals surface area contributed by atoms with E-state index in [-0.39, 0.29) is 0 Å². The summed E-state index contributed by atoms with van der Waals surface area (Å²) >= 11 is 0. The van der Waals surface area contributed by atoms with Gasteiger partial charge < -0.3 is 10.5 Å². The third-order valence-electron chi connectivity index (χ3n) is 3.64. The lowest BCUT2D eigenvalue weighted by Crippen LogP contribution is -2.15. The number of ether oxygens (including phenoxy) is 1. The van der Waals surface area contributed by atoms with Crippen LogP contribution in [0.5, 0.6) is 5.75 Å². The smallest absolute Gasteiger partial charge is 0.119 e. The number of rotatable bonds is 7. The average molecular weight is 281 g/mol. The Morgan fingerprint density at radius 2 is 1.89 bits per heavy atom. The van der Waals surface area contributed by atoms with Crippen molar-refractivity contribution in [3.05, 3.63) is 29.8 Å². The highest BCUT2D eigenvalue weighted by molar-refractivity contribution is 7.85. The van der Waals surface area contributed by atoms with Crippen molar-refractivity contribution >= 4 is 10.8 Å². The zero-order chi connectivity index (χ0) is 13.5. The number of hydrogen-bond acceptors (Lipinski definition) is 3. The van der Waals surface area contributed by atoms with Crippen LogP contribution in [0.3, 0.4) is 0 Å². The molecule has 1 aromatic carbocycles. The van der Waals surface area contributed by atoms with Crippen molar-refractivity contribution in [1.29, 1.82) is 0 Å². The molecule has 0 aliphatic heterocycles. The van der Waals surface area contributed by atoms with Gasteiger partial charge in [0.15, 0.2) is 0 Å². The second-order valence-corrected chi connectivity index (χ2v) is 6.78. The standard InChI is InChI=1S/C15H23NO2S/c16-11-13-5-7-15(8-6-13)18-9-10-19(17)12-14-3-1-2-4-14/h5-8,14H,1-4,9-12,16H2. The normalized spacial score (nSPS) is 17.5. The van der Waals surface area contributed by atoms with E-state index in [0.717, 1.165) is 17.1 Å². The molecule has 2 N–H and O–H groups in total. The van der Waals surface area contributed by atoms with Gasteiger partial charge in [-0.1, -0.05) is 25.0 Å². The third-order valence-corrected chi connectivity index (χ3v) is 5.10. The van der Waals surface area contributed by atoms with Gasteiger partial charge in [-0.25, -0.2) is 0 Å². The molecule has 1 aliphatic rings. The van der Waals surface area contributed by atoms with E-state index < -0.39 is 10.8 Å². The van der Waals surface area contributed by atoms with Crippen molar-refractivity contribution < 1.29 is 8.95 Å². The molecule has 1 aliphatic carbocycles. The van der Waals surface area contributed by atoms with Gasteiger partial charge in [0.25, 0.3) is 0 Å². The summed E-state index contributed by atoms with van der Waals surface area (Å²) in [6.07, 6.45) is 5.14. The van der Waals surface area contributed by atoms with E-state index in [9.17, 15) is 4.21 Å². The minimum Gasteiger partial charge on any atom is -0.493 e. The molecular weight excluding hydrogens is 258 g/mol. The Bertz CT molecular complexity index is 399. The first-order chi connectivity index (χ1) is 9.28. The molecule has 0 radical (unpaired) electrons. The first-order valence-electron chi connectivity index (χ1n) is 7.04. The van der Waals surface area contributed by atoms with Crippen molar-refractivity contribution in [2.24, 2.45) is 11.7 Å². The molecule has 1 aromatic rings. The molecule has 1 unspecified atom stereocenters. The Kier molecular flexibility index (Phi) is 5.86. The van der Waals surface area contributed by atoms with Crippen molar-refractivity contribution in [1.82, 2.24) is 0 Å². The van der Waals surface area contributed by atoms with E-state index in [4.69, 9.17) is 10.5 Å². The van der Waals surface area contributed by atoms with Crippen molar-refractivity contribution in [3.8, 4) is 5.75 Å². The second kappa shape index (κ2) is 7.65. The van der Waals surface area contributed by atoms with Gasteiger partial charge in [0.1, 0.15) is 5.75 Å². The molecule has 0 heterocycles. The highest BCUT2D eigenvalue weighted by Crippen LogP contribution is 2.25. The summed E-state index contributed by atoms with van der Waals surface area (Å²) in [4.78, 5) is 0. The molecule has 0 bridgehead atoms. The lowest BCUT2D eigenvalue weighted by Gasteiger charge is -2.10. The Morgan fingerprint density at radius 3 is 2.53 bits per heavy atom. The van der Waals surface area contributed by atoms with Gasteiger partial charge in [-0.2, -0.15) is 0 Å². The summed E-state index contributed by atoms with van der Waals surface area (Å²) in [7, 11) is -0.735. The van der Waals surface area contributed by atoms with Crippen LogP contribution in [-0.2, 0) is 17.3 Å².